The van der Waals surface area contributed by atoms with E-state index in [4.69, 9.17) is 0 Å². The van der Waals surface area contributed by atoms with Gasteiger partial charge in [-0.2, -0.15) is 0 Å². The van der Waals surface area contributed by atoms with E-state index in [9.17, 15) is 18.8 Å². The molecule has 2 N–H and O–H groups in total. The zero-order valence-corrected chi connectivity index (χ0v) is 11.8. The maximum atomic E-state index is 13.4. The van der Waals surface area contributed by atoms with Gasteiger partial charge in [0.25, 0.3) is 5.91 Å². The normalized spacial score (nSPS) is 21.4. The molecule has 1 aliphatic heterocycles. The van der Waals surface area contributed by atoms with Gasteiger partial charge in [0.1, 0.15) is 17.9 Å². The Kier molecular flexibility index (Phi) is 3.93. The summed E-state index contributed by atoms with van der Waals surface area (Å²) in [6.07, 6.45) is 0.420. The molecule has 1 aromatic rings. The molecule has 0 aliphatic carbocycles. The summed E-state index contributed by atoms with van der Waals surface area (Å²) in [6, 6.07) is 5.05. The van der Waals surface area contributed by atoms with E-state index < -0.39 is 35.7 Å². The number of benzene rings is 1. The molecule has 1 atom stereocenters. The minimum atomic E-state index is -0.991. The molecule has 4 amide bonds. The monoisotopic (exact) mass is 293 g/mol. The Morgan fingerprint density at radius 3 is 2.62 bits per heavy atom. The van der Waals surface area contributed by atoms with Crippen molar-refractivity contribution in [1.82, 2.24) is 10.2 Å². The summed E-state index contributed by atoms with van der Waals surface area (Å²) in [5, 5.41) is 4.88. The smallest absolute Gasteiger partial charge is 0.323 e. The van der Waals surface area contributed by atoms with E-state index in [2.05, 4.69) is 10.6 Å². The molecule has 7 heteroatoms. The van der Waals surface area contributed by atoms with E-state index in [1.807, 2.05) is 0 Å². The molecular formula is C14H16FN3O3. The van der Waals surface area contributed by atoms with Crippen LogP contribution in [0.4, 0.5) is 14.9 Å². The van der Waals surface area contributed by atoms with Crippen molar-refractivity contribution >= 4 is 23.5 Å². The van der Waals surface area contributed by atoms with Crippen LogP contribution in [0.2, 0.25) is 0 Å². The van der Waals surface area contributed by atoms with E-state index >= 15 is 0 Å². The van der Waals surface area contributed by atoms with Crippen LogP contribution in [-0.2, 0) is 9.59 Å². The van der Waals surface area contributed by atoms with Gasteiger partial charge < -0.3 is 10.6 Å². The maximum Gasteiger partial charge on any atom is 0.325 e. The van der Waals surface area contributed by atoms with Crippen LogP contribution in [0.1, 0.15) is 20.3 Å². The first-order valence-electron chi connectivity index (χ1n) is 6.56. The number of rotatable bonds is 4. The first-order valence-corrected chi connectivity index (χ1v) is 6.56. The van der Waals surface area contributed by atoms with E-state index in [-0.39, 0.29) is 5.69 Å². The minimum absolute atomic E-state index is 0.00723. The standard InChI is InChI=1S/C14H16FN3O3/c1-3-14(2)12(20)18(13(21)17-14)8-11(19)16-10-7-5-4-6-9(10)15/h4-7H,3,8H2,1-2H3,(H,16,19)(H,17,21). The van der Waals surface area contributed by atoms with Gasteiger partial charge in [-0.05, 0) is 25.5 Å². The molecule has 112 valence electrons. The van der Waals surface area contributed by atoms with Crippen LogP contribution >= 0.6 is 0 Å². The summed E-state index contributed by atoms with van der Waals surface area (Å²) < 4.78 is 13.4. The van der Waals surface area contributed by atoms with Gasteiger partial charge in [-0.3, -0.25) is 14.5 Å². The zero-order chi connectivity index (χ0) is 15.6. The Labute approximate surface area is 121 Å². The lowest BCUT2D eigenvalue weighted by Gasteiger charge is -2.19. The summed E-state index contributed by atoms with van der Waals surface area (Å²) in [7, 11) is 0. The van der Waals surface area contributed by atoms with E-state index in [0.717, 1.165) is 4.90 Å². The lowest BCUT2D eigenvalue weighted by atomic mass is 9.99. The number of urea groups is 1. The van der Waals surface area contributed by atoms with Crippen LogP contribution < -0.4 is 10.6 Å². The molecule has 6 nitrogen and oxygen atoms in total. The second-order valence-electron chi connectivity index (χ2n) is 5.04. The van der Waals surface area contributed by atoms with Crippen LogP contribution in [-0.4, -0.2) is 34.8 Å². The highest BCUT2D eigenvalue weighted by Gasteiger charge is 2.46. The Morgan fingerprint density at radius 2 is 2.05 bits per heavy atom. The summed E-state index contributed by atoms with van der Waals surface area (Å²) in [5.41, 5.74) is -0.983. The molecule has 0 bridgehead atoms. The third-order valence-corrected chi connectivity index (χ3v) is 3.50. The molecule has 1 unspecified atom stereocenters. The Morgan fingerprint density at radius 1 is 1.38 bits per heavy atom. The number of amides is 4. The highest BCUT2D eigenvalue weighted by Crippen LogP contribution is 2.20. The molecule has 0 radical (unpaired) electrons. The quantitative estimate of drug-likeness (QED) is 0.825. The van der Waals surface area contributed by atoms with Gasteiger partial charge in [0.15, 0.2) is 0 Å². The third kappa shape index (κ3) is 2.86. The number of carbonyl (C=O) groups excluding carboxylic acids is 3. The molecule has 1 heterocycles. The van der Waals surface area contributed by atoms with Crippen molar-refractivity contribution in [3.63, 3.8) is 0 Å². The topological polar surface area (TPSA) is 78.5 Å². The number of nitrogens with one attached hydrogen (secondary N) is 2. The number of halogens is 1. The number of para-hydroxylation sites is 1. The van der Waals surface area contributed by atoms with Crippen molar-refractivity contribution in [2.45, 2.75) is 25.8 Å². The molecular weight excluding hydrogens is 277 g/mol. The first kappa shape index (κ1) is 15.0. The predicted molar refractivity (Wildman–Crippen MR) is 74.0 cm³/mol. The van der Waals surface area contributed by atoms with Crippen molar-refractivity contribution < 1.29 is 18.8 Å². The van der Waals surface area contributed by atoms with Crippen LogP contribution in [0.3, 0.4) is 0 Å². The molecule has 1 aromatic carbocycles. The van der Waals surface area contributed by atoms with Gasteiger partial charge in [0.05, 0.1) is 5.69 Å². The van der Waals surface area contributed by atoms with Gasteiger partial charge in [-0.25, -0.2) is 9.18 Å². The van der Waals surface area contributed by atoms with Crippen LogP contribution in [0.5, 0.6) is 0 Å². The van der Waals surface area contributed by atoms with Gasteiger partial charge in [-0.15, -0.1) is 0 Å². The lowest BCUT2D eigenvalue weighted by Crippen LogP contribution is -2.44. The summed E-state index contributed by atoms with van der Waals surface area (Å²) in [4.78, 5) is 36.6. The number of imide groups is 1. The van der Waals surface area contributed by atoms with Crippen LogP contribution in [0.15, 0.2) is 24.3 Å². The van der Waals surface area contributed by atoms with E-state index in [1.54, 1.807) is 19.9 Å². The summed E-state index contributed by atoms with van der Waals surface area (Å²) in [6.45, 7) is 2.91. The summed E-state index contributed by atoms with van der Waals surface area (Å²) in [5.74, 6) is -1.68. The highest BCUT2D eigenvalue weighted by molar-refractivity contribution is 6.09. The van der Waals surface area contributed by atoms with Crippen LogP contribution in [0.25, 0.3) is 0 Å². The van der Waals surface area contributed by atoms with Crippen molar-refractivity contribution in [2.24, 2.45) is 0 Å². The number of hydrogen-bond acceptors (Lipinski definition) is 3. The van der Waals surface area contributed by atoms with Crippen molar-refractivity contribution in [3.8, 4) is 0 Å². The van der Waals surface area contributed by atoms with Crippen molar-refractivity contribution in [1.29, 1.82) is 0 Å². The maximum absolute atomic E-state index is 13.4. The molecule has 2 rings (SSSR count). The first-order chi connectivity index (χ1) is 9.87. The van der Waals surface area contributed by atoms with E-state index in [1.165, 1.54) is 18.2 Å². The fraction of sp³-hybridized carbons (Fsp3) is 0.357. The fourth-order valence-corrected chi connectivity index (χ4v) is 2.03. The average molecular weight is 293 g/mol. The van der Waals surface area contributed by atoms with Gasteiger partial charge in [0.2, 0.25) is 5.91 Å². The summed E-state index contributed by atoms with van der Waals surface area (Å²) >= 11 is 0. The molecule has 1 saturated heterocycles. The second-order valence-corrected chi connectivity index (χ2v) is 5.04. The molecule has 0 spiro atoms. The lowest BCUT2D eigenvalue weighted by molar-refractivity contribution is -0.133. The Balaban J connectivity index is 2.05. The molecule has 1 fully saturated rings. The van der Waals surface area contributed by atoms with Crippen LogP contribution in [0, 0.1) is 5.82 Å². The van der Waals surface area contributed by atoms with Crippen molar-refractivity contribution in [3.05, 3.63) is 30.1 Å². The predicted octanol–water partition coefficient (Wildman–Crippen LogP) is 1.48. The SMILES string of the molecule is CCC1(C)NC(=O)N(CC(=O)Nc2ccccc2F)C1=O. The zero-order valence-electron chi connectivity index (χ0n) is 11.8. The molecule has 0 saturated carbocycles. The average Bonchev–Trinajstić information content (AvgIpc) is 2.66. The number of nitrogens with zero attached hydrogens (tertiary/aromatic N) is 1. The largest absolute Gasteiger partial charge is 0.325 e. The molecule has 21 heavy (non-hydrogen) atoms. The van der Waals surface area contributed by atoms with Gasteiger partial charge in [0, 0.05) is 0 Å². The Hall–Kier alpha value is -2.44. The number of carbonyl (C=O) groups is 3. The molecule has 0 aromatic heterocycles. The number of hydrogen-bond donors (Lipinski definition) is 2. The highest BCUT2D eigenvalue weighted by atomic mass is 19.1. The van der Waals surface area contributed by atoms with Gasteiger partial charge in [-0.1, -0.05) is 19.1 Å². The van der Waals surface area contributed by atoms with Crippen molar-refractivity contribution in [2.75, 3.05) is 11.9 Å². The fourth-order valence-electron chi connectivity index (χ4n) is 2.03. The van der Waals surface area contributed by atoms with Gasteiger partial charge >= 0.3 is 6.03 Å². The Bertz CT molecular complexity index is 605. The van der Waals surface area contributed by atoms with E-state index in [0.29, 0.717) is 6.42 Å². The third-order valence-electron chi connectivity index (χ3n) is 3.50. The minimum Gasteiger partial charge on any atom is -0.323 e. The second kappa shape index (κ2) is 5.51. The number of anilines is 1. The molecule has 1 aliphatic rings.